The van der Waals surface area contributed by atoms with Crippen LogP contribution >= 0.6 is 0 Å². The van der Waals surface area contributed by atoms with Gasteiger partial charge in [0.15, 0.2) is 11.5 Å². The third-order valence-corrected chi connectivity index (χ3v) is 2.57. The quantitative estimate of drug-likeness (QED) is 0.729. The number of rotatable bonds is 1. The molecular formula is C10H9F2NO2. The zero-order valence-electron chi connectivity index (χ0n) is 7.80. The molecule has 1 saturated carbocycles. The average Bonchev–Trinajstić information content (AvgIpc) is 2.87. The molecule has 0 amide bonds. The van der Waals surface area contributed by atoms with Gasteiger partial charge >= 0.3 is 6.29 Å². The van der Waals surface area contributed by atoms with Crippen LogP contribution in [0.25, 0.3) is 0 Å². The van der Waals surface area contributed by atoms with Crippen LogP contribution in [0.3, 0.4) is 0 Å². The van der Waals surface area contributed by atoms with E-state index in [1.54, 1.807) is 6.07 Å². The fourth-order valence-electron chi connectivity index (χ4n) is 1.80. The van der Waals surface area contributed by atoms with Crippen LogP contribution in [-0.2, 0) is 0 Å². The fourth-order valence-corrected chi connectivity index (χ4v) is 1.80. The Balaban J connectivity index is 2.11. The first kappa shape index (κ1) is 8.76. The number of anilines is 1. The second-order valence-electron chi connectivity index (χ2n) is 3.88. The molecule has 1 aliphatic heterocycles. The molecule has 0 radical (unpaired) electrons. The predicted octanol–water partition coefficient (Wildman–Crippen LogP) is 2.47. The Labute approximate surface area is 84.8 Å². The molecule has 5 heteroatoms. The molecule has 0 atom stereocenters. The number of halogens is 2. The lowest BCUT2D eigenvalue weighted by Crippen LogP contribution is -2.26. The standard InChI is InChI=1S/C10H9F2NO2/c11-10(12)14-8-4-6(13)3-7(5-1-2-5)9(8)15-10/h3-5H,1-2,13H2. The van der Waals surface area contributed by atoms with Gasteiger partial charge in [-0.2, -0.15) is 0 Å². The summed E-state index contributed by atoms with van der Waals surface area (Å²) in [7, 11) is 0. The number of hydrogen-bond acceptors (Lipinski definition) is 3. The lowest BCUT2D eigenvalue weighted by Gasteiger charge is -2.06. The second kappa shape index (κ2) is 2.53. The SMILES string of the molecule is Nc1cc2c(c(C3CC3)c1)OC(F)(F)O2. The summed E-state index contributed by atoms with van der Waals surface area (Å²) in [6.07, 6.45) is -1.57. The van der Waals surface area contributed by atoms with Crippen LogP contribution in [0.15, 0.2) is 12.1 Å². The van der Waals surface area contributed by atoms with Gasteiger partial charge in [0.05, 0.1) is 0 Å². The number of ether oxygens (including phenoxy) is 2. The minimum atomic E-state index is -3.56. The second-order valence-corrected chi connectivity index (χ2v) is 3.88. The number of hydrogen-bond donors (Lipinski definition) is 1. The van der Waals surface area contributed by atoms with E-state index < -0.39 is 6.29 Å². The molecule has 3 rings (SSSR count). The van der Waals surface area contributed by atoms with Crippen LogP contribution in [0.1, 0.15) is 24.3 Å². The van der Waals surface area contributed by atoms with Crippen molar-refractivity contribution >= 4 is 5.69 Å². The van der Waals surface area contributed by atoms with Crippen LogP contribution in [-0.4, -0.2) is 6.29 Å². The van der Waals surface area contributed by atoms with Crippen molar-refractivity contribution in [1.29, 1.82) is 0 Å². The lowest BCUT2D eigenvalue weighted by atomic mass is 10.1. The van der Waals surface area contributed by atoms with E-state index in [-0.39, 0.29) is 11.5 Å². The van der Waals surface area contributed by atoms with Gasteiger partial charge in [0.25, 0.3) is 0 Å². The van der Waals surface area contributed by atoms with Crippen LogP contribution in [0, 0.1) is 0 Å². The summed E-state index contributed by atoms with van der Waals surface area (Å²) >= 11 is 0. The molecule has 2 aliphatic rings. The van der Waals surface area contributed by atoms with Crippen LogP contribution in [0.2, 0.25) is 0 Å². The lowest BCUT2D eigenvalue weighted by molar-refractivity contribution is -0.286. The van der Waals surface area contributed by atoms with Gasteiger partial charge in [0.1, 0.15) is 0 Å². The Bertz CT molecular complexity index is 430. The first-order chi connectivity index (χ1) is 7.05. The average molecular weight is 213 g/mol. The maximum absolute atomic E-state index is 12.8. The van der Waals surface area contributed by atoms with Gasteiger partial charge in [-0.25, -0.2) is 0 Å². The van der Waals surface area contributed by atoms with Gasteiger partial charge in [0.2, 0.25) is 0 Å². The largest absolute Gasteiger partial charge is 0.586 e. The number of alkyl halides is 2. The van der Waals surface area contributed by atoms with E-state index in [1.807, 2.05) is 0 Å². The van der Waals surface area contributed by atoms with Gasteiger partial charge in [-0.3, -0.25) is 0 Å². The Morgan fingerprint density at radius 1 is 1.27 bits per heavy atom. The van der Waals surface area contributed by atoms with E-state index in [2.05, 4.69) is 9.47 Å². The number of nitrogen functional groups attached to an aromatic ring is 1. The van der Waals surface area contributed by atoms with Crippen LogP contribution in [0.4, 0.5) is 14.5 Å². The van der Waals surface area contributed by atoms with Crippen molar-refractivity contribution in [3.05, 3.63) is 17.7 Å². The zero-order valence-corrected chi connectivity index (χ0v) is 7.80. The van der Waals surface area contributed by atoms with E-state index in [1.165, 1.54) is 6.07 Å². The van der Waals surface area contributed by atoms with Gasteiger partial charge in [0, 0.05) is 17.3 Å². The third kappa shape index (κ3) is 1.38. The summed E-state index contributed by atoms with van der Waals surface area (Å²) in [5.41, 5.74) is 6.77. The van der Waals surface area contributed by atoms with Crippen molar-refractivity contribution in [3.8, 4) is 11.5 Å². The van der Waals surface area contributed by atoms with Crippen molar-refractivity contribution in [3.63, 3.8) is 0 Å². The number of benzene rings is 1. The summed E-state index contributed by atoms with van der Waals surface area (Å²) in [4.78, 5) is 0. The predicted molar refractivity (Wildman–Crippen MR) is 49.0 cm³/mol. The Morgan fingerprint density at radius 3 is 2.67 bits per heavy atom. The highest BCUT2D eigenvalue weighted by molar-refractivity contribution is 5.60. The zero-order chi connectivity index (χ0) is 10.6. The summed E-state index contributed by atoms with van der Waals surface area (Å²) in [5, 5.41) is 0. The molecule has 15 heavy (non-hydrogen) atoms. The summed E-state index contributed by atoms with van der Waals surface area (Å²) in [6.45, 7) is 0. The van der Waals surface area contributed by atoms with Crippen LogP contribution in [0.5, 0.6) is 11.5 Å². The van der Waals surface area contributed by atoms with E-state index >= 15 is 0 Å². The van der Waals surface area contributed by atoms with Gasteiger partial charge in [-0.05, 0) is 24.8 Å². The highest BCUT2D eigenvalue weighted by Gasteiger charge is 2.46. The molecule has 0 aromatic heterocycles. The Morgan fingerprint density at radius 2 is 2.00 bits per heavy atom. The highest BCUT2D eigenvalue weighted by Crippen LogP contribution is 2.52. The summed E-state index contributed by atoms with van der Waals surface area (Å²) < 4.78 is 34.5. The first-order valence-corrected chi connectivity index (χ1v) is 4.74. The van der Waals surface area contributed by atoms with Gasteiger partial charge in [-0.1, -0.05) is 0 Å². The van der Waals surface area contributed by atoms with Crippen molar-refractivity contribution in [1.82, 2.24) is 0 Å². The fraction of sp³-hybridized carbons (Fsp3) is 0.400. The molecule has 1 aliphatic carbocycles. The minimum absolute atomic E-state index is 0.0434. The molecule has 80 valence electrons. The van der Waals surface area contributed by atoms with Crippen molar-refractivity contribution in [2.45, 2.75) is 25.1 Å². The van der Waals surface area contributed by atoms with E-state index in [0.717, 1.165) is 18.4 Å². The van der Waals surface area contributed by atoms with Crippen molar-refractivity contribution < 1.29 is 18.3 Å². The molecule has 1 fully saturated rings. The molecule has 0 spiro atoms. The summed E-state index contributed by atoms with van der Waals surface area (Å²) in [6, 6.07) is 3.05. The highest BCUT2D eigenvalue weighted by atomic mass is 19.3. The van der Waals surface area contributed by atoms with E-state index in [4.69, 9.17) is 5.73 Å². The number of fused-ring (bicyclic) bond motifs is 1. The monoisotopic (exact) mass is 213 g/mol. The normalized spacial score (nSPS) is 21.7. The molecule has 0 unspecified atom stereocenters. The molecule has 1 aromatic carbocycles. The molecule has 0 saturated heterocycles. The topological polar surface area (TPSA) is 44.5 Å². The van der Waals surface area contributed by atoms with E-state index in [0.29, 0.717) is 11.6 Å². The molecule has 3 nitrogen and oxygen atoms in total. The third-order valence-electron chi connectivity index (χ3n) is 2.57. The first-order valence-electron chi connectivity index (χ1n) is 4.74. The van der Waals surface area contributed by atoms with Crippen LogP contribution < -0.4 is 15.2 Å². The van der Waals surface area contributed by atoms with E-state index in [9.17, 15) is 8.78 Å². The smallest absolute Gasteiger partial charge is 0.399 e. The molecule has 1 aromatic rings. The maximum atomic E-state index is 12.8. The van der Waals surface area contributed by atoms with Crippen molar-refractivity contribution in [2.75, 3.05) is 5.73 Å². The minimum Gasteiger partial charge on any atom is -0.399 e. The molecular weight excluding hydrogens is 204 g/mol. The summed E-state index contributed by atoms with van der Waals surface area (Å²) in [5.74, 6) is 0.485. The molecule has 0 bridgehead atoms. The Kier molecular flexibility index (Phi) is 1.48. The number of nitrogens with two attached hydrogens (primary N) is 1. The Hall–Kier alpha value is -1.52. The van der Waals surface area contributed by atoms with Crippen molar-refractivity contribution in [2.24, 2.45) is 0 Å². The maximum Gasteiger partial charge on any atom is 0.586 e. The van der Waals surface area contributed by atoms with Gasteiger partial charge < -0.3 is 15.2 Å². The molecule has 1 heterocycles. The molecule has 2 N–H and O–H groups in total. The van der Waals surface area contributed by atoms with Gasteiger partial charge in [-0.15, -0.1) is 8.78 Å².